The Morgan fingerprint density at radius 2 is 1.09 bits per heavy atom. The fraction of sp³-hybridized carbons (Fsp3) is 0. The zero-order valence-corrected chi connectivity index (χ0v) is 11.6. The number of nitrogens with zero attached hydrogens (tertiary/aromatic N) is 2. The molecule has 0 atom stereocenters. The lowest BCUT2D eigenvalue weighted by molar-refractivity contribution is 0.427. The molecule has 6 nitrogen and oxygen atoms in total. The molecule has 1 aromatic heterocycles. The summed E-state index contributed by atoms with van der Waals surface area (Å²) in [6, 6.07) is 17.5. The number of anilines is 2. The van der Waals surface area contributed by atoms with Gasteiger partial charge in [-0.25, -0.2) is 0 Å². The van der Waals surface area contributed by atoms with Crippen LogP contribution in [-0.2, 0) is 0 Å². The van der Waals surface area contributed by atoms with Gasteiger partial charge in [0.15, 0.2) is 0 Å². The highest BCUT2D eigenvalue weighted by molar-refractivity contribution is 5.45. The van der Waals surface area contributed by atoms with Gasteiger partial charge in [0.25, 0.3) is 0 Å². The normalized spacial score (nSPS) is 10.2. The van der Waals surface area contributed by atoms with E-state index in [1.807, 2.05) is 0 Å². The summed E-state index contributed by atoms with van der Waals surface area (Å²) < 4.78 is 11.1. The summed E-state index contributed by atoms with van der Waals surface area (Å²) in [5.74, 6) is 1.90. The minimum Gasteiger partial charge on any atom is -0.437 e. The number of benzene rings is 2. The fourth-order valence-corrected chi connectivity index (χ4v) is 1.81. The van der Waals surface area contributed by atoms with E-state index in [0.29, 0.717) is 34.6 Å². The first-order valence-electron chi connectivity index (χ1n) is 6.59. The standard InChI is InChI=1S/C16H14N4O2/c17-11-3-1-5-13(9-11)21-15-7-8-16(20-19-15)22-14-6-2-4-12(18)10-14/h1-10H,17-18H2. The molecule has 0 aliphatic heterocycles. The highest BCUT2D eigenvalue weighted by Crippen LogP contribution is 2.24. The molecular formula is C16H14N4O2. The Hall–Kier alpha value is -3.28. The van der Waals surface area contributed by atoms with E-state index >= 15 is 0 Å². The molecule has 4 N–H and O–H groups in total. The zero-order valence-electron chi connectivity index (χ0n) is 11.6. The molecule has 2 aromatic carbocycles. The summed E-state index contributed by atoms with van der Waals surface area (Å²) in [6.45, 7) is 0. The molecular weight excluding hydrogens is 280 g/mol. The number of hydrogen-bond donors (Lipinski definition) is 2. The monoisotopic (exact) mass is 294 g/mol. The van der Waals surface area contributed by atoms with E-state index in [9.17, 15) is 0 Å². The van der Waals surface area contributed by atoms with Crippen LogP contribution in [0.4, 0.5) is 11.4 Å². The maximum Gasteiger partial charge on any atom is 0.239 e. The van der Waals surface area contributed by atoms with E-state index in [0.717, 1.165) is 0 Å². The van der Waals surface area contributed by atoms with Crippen LogP contribution in [0.1, 0.15) is 0 Å². The average molecular weight is 294 g/mol. The Bertz CT molecular complexity index is 709. The Labute approximate surface area is 127 Å². The quantitative estimate of drug-likeness (QED) is 0.717. The highest BCUT2D eigenvalue weighted by atomic mass is 16.5. The van der Waals surface area contributed by atoms with Crippen molar-refractivity contribution in [2.45, 2.75) is 0 Å². The lowest BCUT2D eigenvalue weighted by Crippen LogP contribution is -1.94. The number of nitrogens with two attached hydrogens (primary N) is 2. The van der Waals surface area contributed by atoms with Crippen molar-refractivity contribution in [3.05, 3.63) is 60.7 Å². The molecule has 0 saturated carbocycles. The third kappa shape index (κ3) is 3.43. The molecule has 0 bridgehead atoms. The van der Waals surface area contributed by atoms with E-state index in [1.54, 1.807) is 60.7 Å². The van der Waals surface area contributed by atoms with Crippen molar-refractivity contribution in [1.29, 1.82) is 0 Å². The summed E-state index contributed by atoms with van der Waals surface area (Å²) in [4.78, 5) is 0. The van der Waals surface area contributed by atoms with Crippen molar-refractivity contribution in [2.24, 2.45) is 0 Å². The third-order valence-corrected chi connectivity index (χ3v) is 2.78. The topological polar surface area (TPSA) is 96.3 Å². The number of ether oxygens (including phenoxy) is 2. The molecule has 0 saturated heterocycles. The Balaban J connectivity index is 1.70. The van der Waals surface area contributed by atoms with Crippen LogP contribution in [0.2, 0.25) is 0 Å². The molecule has 110 valence electrons. The second-order valence-corrected chi connectivity index (χ2v) is 4.56. The Kier molecular flexibility index (Phi) is 3.74. The largest absolute Gasteiger partial charge is 0.437 e. The summed E-state index contributed by atoms with van der Waals surface area (Å²) in [5, 5.41) is 7.91. The van der Waals surface area contributed by atoms with Gasteiger partial charge in [-0.15, -0.1) is 10.2 Å². The molecule has 22 heavy (non-hydrogen) atoms. The van der Waals surface area contributed by atoms with Crippen LogP contribution in [0.3, 0.4) is 0 Å². The van der Waals surface area contributed by atoms with E-state index in [-0.39, 0.29) is 0 Å². The smallest absolute Gasteiger partial charge is 0.239 e. The van der Waals surface area contributed by atoms with Crippen molar-refractivity contribution in [3.8, 4) is 23.3 Å². The molecule has 0 fully saturated rings. The van der Waals surface area contributed by atoms with Crippen molar-refractivity contribution in [1.82, 2.24) is 10.2 Å². The lowest BCUT2D eigenvalue weighted by Gasteiger charge is -2.07. The zero-order chi connectivity index (χ0) is 15.4. The first-order chi connectivity index (χ1) is 10.7. The lowest BCUT2D eigenvalue weighted by atomic mass is 10.3. The average Bonchev–Trinajstić information content (AvgIpc) is 2.49. The molecule has 1 heterocycles. The summed E-state index contributed by atoms with van der Waals surface area (Å²) in [6.07, 6.45) is 0. The van der Waals surface area contributed by atoms with E-state index < -0.39 is 0 Å². The first-order valence-corrected chi connectivity index (χ1v) is 6.59. The second kappa shape index (κ2) is 6.01. The number of hydrogen-bond acceptors (Lipinski definition) is 6. The van der Waals surface area contributed by atoms with Crippen LogP contribution < -0.4 is 20.9 Å². The van der Waals surface area contributed by atoms with Gasteiger partial charge in [-0.3, -0.25) is 0 Å². The van der Waals surface area contributed by atoms with Crippen LogP contribution in [-0.4, -0.2) is 10.2 Å². The Morgan fingerprint density at radius 3 is 1.45 bits per heavy atom. The number of nitrogen functional groups attached to an aromatic ring is 2. The van der Waals surface area contributed by atoms with E-state index in [2.05, 4.69) is 10.2 Å². The maximum absolute atomic E-state index is 5.69. The molecule has 6 heteroatoms. The predicted octanol–water partition coefficient (Wildman–Crippen LogP) is 3.23. The number of aromatic nitrogens is 2. The minimum absolute atomic E-state index is 0.352. The van der Waals surface area contributed by atoms with E-state index in [4.69, 9.17) is 20.9 Å². The Morgan fingerprint density at radius 1 is 0.636 bits per heavy atom. The molecule has 0 amide bonds. The van der Waals surface area contributed by atoms with Gasteiger partial charge in [0.2, 0.25) is 11.8 Å². The minimum atomic E-state index is 0.352. The SMILES string of the molecule is Nc1cccc(Oc2ccc(Oc3cccc(N)c3)nn2)c1. The van der Waals surface area contributed by atoms with Crippen LogP contribution in [0.5, 0.6) is 23.3 Å². The fourth-order valence-electron chi connectivity index (χ4n) is 1.81. The molecule has 0 aliphatic carbocycles. The number of rotatable bonds is 4. The maximum atomic E-state index is 5.69. The summed E-state index contributed by atoms with van der Waals surface area (Å²) in [7, 11) is 0. The molecule has 0 spiro atoms. The van der Waals surface area contributed by atoms with Crippen molar-refractivity contribution in [3.63, 3.8) is 0 Å². The van der Waals surface area contributed by atoms with Gasteiger partial charge >= 0.3 is 0 Å². The second-order valence-electron chi connectivity index (χ2n) is 4.56. The van der Waals surface area contributed by atoms with Crippen LogP contribution in [0, 0.1) is 0 Å². The van der Waals surface area contributed by atoms with Crippen molar-refractivity contribution < 1.29 is 9.47 Å². The van der Waals surface area contributed by atoms with Crippen LogP contribution >= 0.6 is 0 Å². The first kappa shape index (κ1) is 13.7. The molecule has 3 aromatic rings. The van der Waals surface area contributed by atoms with Gasteiger partial charge in [0.05, 0.1) is 0 Å². The summed E-state index contributed by atoms with van der Waals surface area (Å²) in [5.41, 5.74) is 12.6. The third-order valence-electron chi connectivity index (χ3n) is 2.78. The van der Waals surface area contributed by atoms with Gasteiger partial charge < -0.3 is 20.9 Å². The molecule has 0 unspecified atom stereocenters. The predicted molar refractivity (Wildman–Crippen MR) is 83.9 cm³/mol. The van der Waals surface area contributed by atoms with E-state index in [1.165, 1.54) is 0 Å². The van der Waals surface area contributed by atoms with Crippen molar-refractivity contribution in [2.75, 3.05) is 11.5 Å². The van der Waals surface area contributed by atoms with Gasteiger partial charge in [-0.05, 0) is 24.3 Å². The van der Waals surface area contributed by atoms with Crippen molar-refractivity contribution >= 4 is 11.4 Å². The van der Waals surface area contributed by atoms with Gasteiger partial charge in [0.1, 0.15) is 11.5 Å². The van der Waals surface area contributed by atoms with Gasteiger partial charge in [-0.2, -0.15) is 0 Å². The summed E-state index contributed by atoms with van der Waals surface area (Å²) >= 11 is 0. The van der Waals surface area contributed by atoms with Gasteiger partial charge in [0, 0.05) is 35.6 Å². The van der Waals surface area contributed by atoms with Crippen LogP contribution in [0.15, 0.2) is 60.7 Å². The molecule has 0 radical (unpaired) electrons. The molecule has 0 aliphatic rings. The van der Waals surface area contributed by atoms with Crippen LogP contribution in [0.25, 0.3) is 0 Å². The van der Waals surface area contributed by atoms with Gasteiger partial charge in [-0.1, -0.05) is 12.1 Å². The highest BCUT2D eigenvalue weighted by Gasteiger charge is 2.03. The molecule has 3 rings (SSSR count).